The molecule has 4 aliphatic carbocycles. The van der Waals surface area contributed by atoms with Crippen molar-refractivity contribution in [2.24, 2.45) is 57.3 Å². The highest BCUT2D eigenvalue weighted by atomic mass is 14.7. The van der Waals surface area contributed by atoms with Gasteiger partial charge < -0.3 is 11.5 Å². The van der Waals surface area contributed by atoms with Crippen LogP contribution in [0.25, 0.3) is 0 Å². The molecule has 2 heteroatoms. The molecule has 4 saturated carbocycles. The van der Waals surface area contributed by atoms with Gasteiger partial charge in [-0.25, -0.2) is 0 Å². The largest absolute Gasteiger partial charge is 0.328 e. The van der Waals surface area contributed by atoms with Crippen molar-refractivity contribution in [2.45, 2.75) is 152 Å². The number of aryl methyl sites for hydroxylation is 1. The number of allylic oxidation sites excluding steroid dienone is 6. The summed E-state index contributed by atoms with van der Waals surface area (Å²) < 4.78 is 0. The third kappa shape index (κ3) is 10.9. The van der Waals surface area contributed by atoms with Gasteiger partial charge in [0.05, 0.1) is 0 Å². The first kappa shape index (κ1) is 45.9. The van der Waals surface area contributed by atoms with Gasteiger partial charge in [-0.2, -0.15) is 0 Å². The lowest BCUT2D eigenvalue weighted by Gasteiger charge is -2.61. The molecular weight excluding hydrogens is 605 g/mol. The average molecular weight is 687 g/mol. The van der Waals surface area contributed by atoms with Crippen LogP contribution in [0.3, 0.4) is 0 Å². The van der Waals surface area contributed by atoms with Gasteiger partial charge in [0.15, 0.2) is 0 Å². The van der Waals surface area contributed by atoms with E-state index >= 15 is 0 Å². The number of nitrogens with two attached hydrogens (primary N) is 2. The van der Waals surface area contributed by atoms with Crippen molar-refractivity contribution in [3.8, 4) is 0 Å². The molecule has 0 aromatic heterocycles. The van der Waals surface area contributed by atoms with E-state index in [0.717, 1.165) is 23.7 Å². The van der Waals surface area contributed by atoms with Gasteiger partial charge >= 0.3 is 0 Å². The summed E-state index contributed by atoms with van der Waals surface area (Å²) in [5, 5.41) is 0. The van der Waals surface area contributed by atoms with Crippen LogP contribution in [0.5, 0.6) is 0 Å². The molecule has 0 aliphatic heterocycles. The summed E-state index contributed by atoms with van der Waals surface area (Å²) in [5.74, 6) is 3.78. The molecule has 2 nitrogen and oxygen atoms in total. The zero-order valence-electron chi connectivity index (χ0n) is 34.7. The van der Waals surface area contributed by atoms with Crippen LogP contribution in [-0.2, 0) is 0 Å². The lowest BCUT2D eigenvalue weighted by Crippen LogP contribution is -2.55. The first-order valence-electron chi connectivity index (χ1n) is 20.6. The minimum atomic E-state index is 0.162. The van der Waals surface area contributed by atoms with Crippen molar-refractivity contribution in [3.05, 3.63) is 97.2 Å². The molecule has 7 unspecified atom stereocenters. The van der Waals surface area contributed by atoms with Gasteiger partial charge in [0, 0.05) is 18.0 Å². The fraction of sp³-hybridized carbons (Fsp3) is 0.667. The maximum absolute atomic E-state index is 6.17. The van der Waals surface area contributed by atoms with Crippen molar-refractivity contribution in [3.63, 3.8) is 0 Å². The van der Waals surface area contributed by atoms with Crippen molar-refractivity contribution >= 4 is 0 Å². The molecule has 0 heterocycles. The maximum atomic E-state index is 6.17. The lowest BCUT2D eigenvalue weighted by atomic mass is 9.43. The summed E-state index contributed by atoms with van der Waals surface area (Å²) >= 11 is 0. The zero-order valence-corrected chi connectivity index (χ0v) is 34.7. The van der Waals surface area contributed by atoms with Gasteiger partial charge in [-0.3, -0.25) is 0 Å². The summed E-state index contributed by atoms with van der Waals surface area (Å²) in [6.45, 7) is 35.5. The van der Waals surface area contributed by atoms with Crippen LogP contribution in [0.2, 0.25) is 0 Å². The van der Waals surface area contributed by atoms with E-state index in [-0.39, 0.29) is 10.8 Å². The third-order valence-corrected chi connectivity index (χ3v) is 13.2. The van der Waals surface area contributed by atoms with Gasteiger partial charge in [0.1, 0.15) is 0 Å². The predicted octanol–water partition coefficient (Wildman–Crippen LogP) is 13.6. The summed E-state index contributed by atoms with van der Waals surface area (Å²) in [6.07, 6.45) is 26.3. The molecule has 1 aromatic carbocycles. The minimum absolute atomic E-state index is 0.162. The van der Waals surface area contributed by atoms with Crippen molar-refractivity contribution in [2.75, 3.05) is 6.54 Å². The van der Waals surface area contributed by atoms with Crippen molar-refractivity contribution in [1.82, 2.24) is 0 Å². The van der Waals surface area contributed by atoms with Gasteiger partial charge in [-0.1, -0.05) is 159 Å². The van der Waals surface area contributed by atoms with Crippen LogP contribution in [-0.4, -0.2) is 12.6 Å². The van der Waals surface area contributed by atoms with Crippen LogP contribution in [0, 0.1) is 52.8 Å². The lowest BCUT2D eigenvalue weighted by molar-refractivity contribution is -0.0886. The first-order chi connectivity index (χ1) is 23.9. The Bertz CT molecular complexity index is 1170. The summed E-state index contributed by atoms with van der Waals surface area (Å²) in [5.41, 5.74) is 16.8. The monoisotopic (exact) mass is 687 g/mol. The SMILES string of the molecule is C=C/C=C1/CCC2C(C(C)CC3(C)C2CCC3(CC)C(=C)CN)C1(C)/C=C\C.C=CC1CCC(N)CC1.CC.CCCC.Cc1ccccc1. The Morgan fingerprint density at radius 3 is 1.98 bits per heavy atom. The molecule has 4 N–H and O–H groups in total. The van der Waals surface area contributed by atoms with Crippen LogP contribution in [0.4, 0.5) is 0 Å². The van der Waals surface area contributed by atoms with E-state index in [0.29, 0.717) is 23.9 Å². The molecule has 0 saturated heterocycles. The Morgan fingerprint density at radius 2 is 1.54 bits per heavy atom. The summed E-state index contributed by atoms with van der Waals surface area (Å²) in [6, 6.07) is 10.7. The van der Waals surface area contributed by atoms with Gasteiger partial charge in [0.25, 0.3) is 0 Å². The van der Waals surface area contributed by atoms with E-state index in [4.69, 9.17) is 11.5 Å². The molecule has 1 aromatic rings. The van der Waals surface area contributed by atoms with E-state index in [1.165, 1.54) is 88.2 Å². The van der Waals surface area contributed by atoms with Crippen LogP contribution in [0.1, 0.15) is 145 Å². The molecule has 0 radical (unpaired) electrons. The number of unbranched alkanes of at least 4 members (excludes halogenated alkanes) is 1. The van der Waals surface area contributed by atoms with Crippen LogP contribution >= 0.6 is 0 Å². The Morgan fingerprint density at radius 1 is 0.940 bits per heavy atom. The molecule has 7 atom stereocenters. The summed E-state index contributed by atoms with van der Waals surface area (Å²) in [7, 11) is 0. The molecule has 0 bridgehead atoms. The first-order valence-corrected chi connectivity index (χ1v) is 20.6. The maximum Gasteiger partial charge on any atom is 0.0139 e. The quantitative estimate of drug-likeness (QED) is 0.281. The van der Waals surface area contributed by atoms with Gasteiger partial charge in [-0.05, 0) is 118 Å². The second-order valence-electron chi connectivity index (χ2n) is 16.0. The fourth-order valence-electron chi connectivity index (χ4n) is 10.6. The van der Waals surface area contributed by atoms with Crippen LogP contribution < -0.4 is 11.5 Å². The third-order valence-electron chi connectivity index (χ3n) is 13.2. The number of rotatable bonds is 7. The number of fused-ring (bicyclic) bond motifs is 3. The molecular formula is C48H82N2. The minimum Gasteiger partial charge on any atom is -0.328 e. The smallest absolute Gasteiger partial charge is 0.0139 e. The molecule has 4 fully saturated rings. The highest BCUT2D eigenvalue weighted by Crippen LogP contribution is 2.72. The van der Waals surface area contributed by atoms with E-state index in [2.05, 4.69) is 112 Å². The normalized spacial score (nSPS) is 34.8. The Kier molecular flexibility index (Phi) is 20.8. The zero-order chi connectivity index (χ0) is 38.0. The molecule has 0 spiro atoms. The van der Waals surface area contributed by atoms with Crippen LogP contribution in [0.15, 0.2) is 91.6 Å². The fourth-order valence-corrected chi connectivity index (χ4v) is 10.6. The second kappa shape index (κ2) is 22.7. The summed E-state index contributed by atoms with van der Waals surface area (Å²) in [4.78, 5) is 0. The number of hydrogen-bond donors (Lipinski definition) is 2. The topological polar surface area (TPSA) is 52.0 Å². The highest BCUT2D eigenvalue weighted by molar-refractivity contribution is 5.32. The molecule has 4 aliphatic rings. The van der Waals surface area contributed by atoms with E-state index in [1.807, 2.05) is 38.1 Å². The Hall–Kier alpha value is -2.16. The Balaban J connectivity index is 0.000000458. The number of hydrogen-bond acceptors (Lipinski definition) is 2. The molecule has 5 rings (SSSR count). The van der Waals surface area contributed by atoms with E-state index < -0.39 is 0 Å². The second-order valence-corrected chi connectivity index (χ2v) is 16.0. The average Bonchev–Trinajstić information content (AvgIpc) is 3.43. The standard InChI is InChI=1S/C27H43N.C8H15N.C7H8.C4H10.C2H6/c1-8-11-21-12-13-22-23-14-16-27(10-3,20(5)18-28)26(23,7)17-19(4)24(22)25(21,6)15-9-2;1-2-7-3-5-8(9)6-4-7;1-7-5-3-2-4-6-7;1-3-4-2;1-2/h8-9,11,15,19,22-24H,1,5,10,12-14,16-18,28H2,2-4,6-7H3;2,7-8H,1,3-6,9H2;2-6H,1H3;3-4H2,1-2H3;1-2H3/b15-9-,21-11-;;;;. The van der Waals surface area contributed by atoms with Gasteiger partial charge in [0.2, 0.25) is 0 Å². The van der Waals surface area contributed by atoms with Gasteiger partial charge in [-0.15, -0.1) is 6.58 Å². The van der Waals surface area contributed by atoms with E-state index in [1.54, 1.807) is 5.57 Å². The predicted molar refractivity (Wildman–Crippen MR) is 226 cm³/mol. The molecule has 0 amide bonds. The number of benzene rings is 1. The molecule has 284 valence electrons. The Labute approximate surface area is 312 Å². The van der Waals surface area contributed by atoms with Crippen molar-refractivity contribution in [1.29, 1.82) is 0 Å². The van der Waals surface area contributed by atoms with E-state index in [9.17, 15) is 0 Å². The molecule has 50 heavy (non-hydrogen) atoms. The highest BCUT2D eigenvalue weighted by Gasteiger charge is 2.65. The van der Waals surface area contributed by atoms with Crippen molar-refractivity contribution < 1.29 is 0 Å².